The van der Waals surface area contributed by atoms with Crippen LogP contribution >= 0.6 is 15.9 Å². The zero-order chi connectivity index (χ0) is 19.9. The summed E-state index contributed by atoms with van der Waals surface area (Å²) in [6, 6.07) is 6.88. The second-order valence-electron chi connectivity index (χ2n) is 7.71. The number of amides is 1. The fraction of sp³-hybridized carbons (Fsp3) is 0.400. The molecule has 0 spiro atoms. The van der Waals surface area contributed by atoms with Gasteiger partial charge < -0.3 is 14.1 Å². The number of carbonyl (C=O) groups excluding carboxylic acids is 1. The molecule has 1 amide bonds. The van der Waals surface area contributed by atoms with Gasteiger partial charge in [-0.05, 0) is 61.8 Å². The van der Waals surface area contributed by atoms with Gasteiger partial charge in [0.1, 0.15) is 5.60 Å². The molecule has 1 saturated heterocycles. The summed E-state index contributed by atoms with van der Waals surface area (Å²) in [5.41, 5.74) is 1.14. The van der Waals surface area contributed by atoms with Gasteiger partial charge in [-0.2, -0.15) is 0 Å². The van der Waals surface area contributed by atoms with E-state index in [9.17, 15) is 9.59 Å². The van der Waals surface area contributed by atoms with Crippen LogP contribution in [-0.4, -0.2) is 35.7 Å². The van der Waals surface area contributed by atoms with Crippen LogP contribution < -0.4 is 10.5 Å². The van der Waals surface area contributed by atoms with Crippen LogP contribution in [0.15, 0.2) is 50.2 Å². The van der Waals surface area contributed by atoms with E-state index in [2.05, 4.69) is 27.4 Å². The van der Waals surface area contributed by atoms with E-state index in [4.69, 9.17) is 9.15 Å². The summed E-state index contributed by atoms with van der Waals surface area (Å²) in [5, 5.41) is 0.828. The van der Waals surface area contributed by atoms with E-state index in [1.54, 1.807) is 11.0 Å². The van der Waals surface area contributed by atoms with E-state index in [1.807, 2.05) is 39.8 Å². The quantitative estimate of drug-likeness (QED) is 0.617. The van der Waals surface area contributed by atoms with Crippen molar-refractivity contribution in [2.75, 3.05) is 18.0 Å². The Hall–Kier alpha value is -2.28. The fourth-order valence-electron chi connectivity index (χ4n) is 3.27. The largest absolute Gasteiger partial charge is 0.443 e. The number of piperazine rings is 1. The summed E-state index contributed by atoms with van der Waals surface area (Å²) in [4.78, 5) is 27.9. The van der Waals surface area contributed by atoms with Crippen molar-refractivity contribution in [1.82, 2.24) is 4.90 Å². The number of benzene rings is 1. The molecule has 0 N–H and O–H groups in total. The van der Waals surface area contributed by atoms with E-state index in [1.165, 1.54) is 6.07 Å². The summed E-state index contributed by atoms with van der Waals surface area (Å²) >= 11 is 3.43. The van der Waals surface area contributed by atoms with Crippen LogP contribution in [0.5, 0.6) is 0 Å². The SMILES string of the molecule is C=C1CN(c2ccc(Br)c3oc(=O)ccc23)C[C@@H](C)N1C(=O)OC(C)(C)C. The monoisotopic (exact) mass is 434 g/mol. The highest BCUT2D eigenvalue weighted by Crippen LogP contribution is 2.34. The molecule has 0 unspecified atom stereocenters. The molecular formula is C20H23BrN2O4. The minimum atomic E-state index is -0.562. The molecule has 1 fully saturated rings. The lowest BCUT2D eigenvalue weighted by molar-refractivity contribution is 0.0238. The molecule has 1 aliphatic heterocycles. The molecule has 0 bridgehead atoms. The van der Waals surface area contributed by atoms with Crippen LogP contribution in [0.1, 0.15) is 27.7 Å². The van der Waals surface area contributed by atoms with Crippen molar-refractivity contribution in [3.63, 3.8) is 0 Å². The molecular weight excluding hydrogens is 412 g/mol. The first kappa shape index (κ1) is 19.5. The zero-order valence-electron chi connectivity index (χ0n) is 15.9. The normalized spacial score (nSPS) is 18.1. The summed E-state index contributed by atoms with van der Waals surface area (Å²) in [6.07, 6.45) is -0.383. The predicted octanol–water partition coefficient (Wildman–Crippen LogP) is 4.51. The van der Waals surface area contributed by atoms with Crippen LogP contribution in [0.3, 0.4) is 0 Å². The minimum absolute atomic E-state index is 0.115. The van der Waals surface area contributed by atoms with Crippen molar-refractivity contribution >= 4 is 38.7 Å². The van der Waals surface area contributed by atoms with Crippen molar-refractivity contribution in [2.24, 2.45) is 0 Å². The Labute approximate surface area is 166 Å². The van der Waals surface area contributed by atoms with Gasteiger partial charge in [0.2, 0.25) is 0 Å². The summed E-state index contributed by atoms with van der Waals surface area (Å²) in [7, 11) is 0. The third-order valence-corrected chi connectivity index (χ3v) is 4.91. The van der Waals surface area contributed by atoms with Crippen molar-refractivity contribution in [1.29, 1.82) is 0 Å². The smallest absolute Gasteiger partial charge is 0.414 e. The molecule has 144 valence electrons. The molecule has 0 radical (unpaired) electrons. The van der Waals surface area contributed by atoms with Crippen LogP contribution in [0.2, 0.25) is 0 Å². The van der Waals surface area contributed by atoms with Crippen LogP contribution in [0.25, 0.3) is 11.0 Å². The lowest BCUT2D eigenvalue weighted by Gasteiger charge is -2.42. The number of nitrogens with zero attached hydrogens (tertiary/aromatic N) is 2. The van der Waals surface area contributed by atoms with Gasteiger partial charge in [-0.15, -0.1) is 0 Å². The Kier molecular flexibility index (Phi) is 5.08. The molecule has 2 heterocycles. The summed E-state index contributed by atoms with van der Waals surface area (Å²) in [6.45, 7) is 12.7. The molecule has 1 atom stereocenters. The number of rotatable bonds is 1. The molecule has 1 aromatic carbocycles. The first-order chi connectivity index (χ1) is 12.6. The molecule has 0 aliphatic carbocycles. The van der Waals surface area contributed by atoms with E-state index in [0.717, 1.165) is 15.5 Å². The Bertz CT molecular complexity index is 961. The van der Waals surface area contributed by atoms with Gasteiger partial charge in [0.15, 0.2) is 5.58 Å². The highest BCUT2D eigenvalue weighted by Gasteiger charge is 2.34. The van der Waals surface area contributed by atoms with Gasteiger partial charge >= 0.3 is 11.7 Å². The Morgan fingerprint density at radius 3 is 2.63 bits per heavy atom. The van der Waals surface area contributed by atoms with Gasteiger partial charge in [-0.1, -0.05) is 6.58 Å². The lowest BCUT2D eigenvalue weighted by Crippen LogP contribution is -2.53. The van der Waals surface area contributed by atoms with Gasteiger partial charge in [-0.3, -0.25) is 4.90 Å². The average molecular weight is 435 g/mol. The highest BCUT2D eigenvalue weighted by atomic mass is 79.9. The summed E-state index contributed by atoms with van der Waals surface area (Å²) in [5.74, 6) is 0. The molecule has 7 heteroatoms. The maximum absolute atomic E-state index is 12.5. The topological polar surface area (TPSA) is 63.0 Å². The second-order valence-corrected chi connectivity index (χ2v) is 8.56. The number of hydrogen-bond donors (Lipinski definition) is 0. The zero-order valence-corrected chi connectivity index (χ0v) is 17.5. The summed E-state index contributed by atoms with van der Waals surface area (Å²) < 4.78 is 11.6. The number of hydrogen-bond acceptors (Lipinski definition) is 5. The fourth-order valence-corrected chi connectivity index (χ4v) is 3.69. The first-order valence-corrected chi connectivity index (χ1v) is 9.53. The molecule has 27 heavy (non-hydrogen) atoms. The van der Waals surface area contributed by atoms with Crippen LogP contribution in [0.4, 0.5) is 10.5 Å². The average Bonchev–Trinajstić information content (AvgIpc) is 2.53. The Balaban J connectivity index is 1.91. The maximum atomic E-state index is 12.5. The minimum Gasteiger partial charge on any atom is -0.443 e. The van der Waals surface area contributed by atoms with Crippen LogP contribution in [0, 0.1) is 0 Å². The van der Waals surface area contributed by atoms with E-state index in [0.29, 0.717) is 24.4 Å². The maximum Gasteiger partial charge on any atom is 0.414 e. The second kappa shape index (κ2) is 7.03. The number of anilines is 1. The van der Waals surface area contributed by atoms with E-state index < -0.39 is 11.2 Å². The van der Waals surface area contributed by atoms with E-state index in [-0.39, 0.29) is 12.1 Å². The number of ether oxygens (including phenoxy) is 1. The predicted molar refractivity (Wildman–Crippen MR) is 109 cm³/mol. The third kappa shape index (κ3) is 4.03. The molecule has 0 saturated carbocycles. The molecule has 2 aromatic rings. The van der Waals surface area contributed by atoms with Gasteiger partial charge in [0.05, 0.1) is 17.1 Å². The number of halogens is 1. The standard InChI is InChI=1S/C20H23BrN2O4/c1-12-10-22(11-13(2)23(12)19(25)27-20(3,4)5)16-8-7-15(21)18-14(16)6-9-17(24)26-18/h6-9,13H,1,10-11H2,2-5H3/t13-/m1/s1. The molecule has 3 rings (SSSR count). The van der Waals surface area contributed by atoms with Crippen molar-refractivity contribution < 1.29 is 13.9 Å². The molecule has 1 aliphatic rings. The third-order valence-electron chi connectivity index (χ3n) is 4.28. The van der Waals surface area contributed by atoms with Crippen molar-refractivity contribution in [2.45, 2.75) is 39.3 Å². The first-order valence-electron chi connectivity index (χ1n) is 8.74. The molecule has 1 aromatic heterocycles. The van der Waals surface area contributed by atoms with Crippen molar-refractivity contribution in [3.05, 3.63) is 51.4 Å². The lowest BCUT2D eigenvalue weighted by atomic mass is 10.1. The van der Waals surface area contributed by atoms with Gasteiger partial charge in [0, 0.05) is 29.4 Å². The van der Waals surface area contributed by atoms with Crippen LogP contribution in [-0.2, 0) is 4.74 Å². The van der Waals surface area contributed by atoms with Gasteiger partial charge in [0.25, 0.3) is 0 Å². The number of carbonyl (C=O) groups is 1. The van der Waals surface area contributed by atoms with Gasteiger partial charge in [-0.25, -0.2) is 9.59 Å². The van der Waals surface area contributed by atoms with Crippen molar-refractivity contribution in [3.8, 4) is 0 Å². The Morgan fingerprint density at radius 1 is 1.30 bits per heavy atom. The van der Waals surface area contributed by atoms with E-state index >= 15 is 0 Å². The number of fused-ring (bicyclic) bond motifs is 1. The molecule has 6 nitrogen and oxygen atoms in total. The highest BCUT2D eigenvalue weighted by molar-refractivity contribution is 9.10. The Morgan fingerprint density at radius 2 is 2.00 bits per heavy atom.